The van der Waals surface area contributed by atoms with Gasteiger partial charge in [-0.2, -0.15) is 0 Å². The van der Waals surface area contributed by atoms with Crippen molar-refractivity contribution in [2.75, 3.05) is 39.3 Å². The van der Waals surface area contributed by atoms with E-state index in [-0.39, 0.29) is 157 Å². The molecule has 1 heterocycles. The van der Waals surface area contributed by atoms with Crippen LogP contribution in [0.1, 0.15) is 199 Å². The third-order valence-corrected chi connectivity index (χ3v) is 17.9. The van der Waals surface area contributed by atoms with Gasteiger partial charge < -0.3 is 124 Å². The van der Waals surface area contributed by atoms with E-state index in [9.17, 15) is 92.3 Å². The number of nitrogens with two attached hydrogens (primary N) is 6. The number of hydrogen-bond acceptors (Lipinski definition) is 21. The van der Waals surface area contributed by atoms with Gasteiger partial charge in [0.25, 0.3) is 0 Å². The summed E-state index contributed by atoms with van der Waals surface area (Å²) in [5.74, 6) is -15.8. The molecule has 0 aromatic rings. The van der Waals surface area contributed by atoms with Crippen LogP contribution < -0.4 is 98.2 Å². The minimum atomic E-state index is -1.72. The number of guanidine groups is 2. The Balaban J connectivity index is 3.57. The van der Waals surface area contributed by atoms with Crippen LogP contribution in [0.15, 0.2) is 9.98 Å². The molecule has 0 saturated carbocycles. The first-order chi connectivity index (χ1) is 52.8. The smallest absolute Gasteiger partial charge is 0.326 e. The van der Waals surface area contributed by atoms with E-state index >= 15 is 0 Å². The van der Waals surface area contributed by atoms with Crippen molar-refractivity contribution in [2.45, 2.75) is 284 Å². The van der Waals surface area contributed by atoms with Crippen LogP contribution >= 0.6 is 0 Å². The van der Waals surface area contributed by atoms with Gasteiger partial charge >= 0.3 is 11.9 Å². The molecule has 1 aliphatic rings. The standard InChI is InChI=1S/C73H133N21O19/c1-37(2)29-44(75)59(100)92-54(36-95)67(108)85-46(20-16-26-80-72(76)77)62(103)88-51(32-40(7)8)66(107)87-49(30-38(3)4)60(101)82-35-56(97)83-45(19-14-15-25-74)61(102)90-52(33-41(9)10)70(111)94-28-18-22-55(94)68(109)86-48(23-24-57(98)99)63(104)89-50(31-39(5)6)65(106)84-47(21-17-27-81-73(78)79)64(105)93-58(43(13)96)69(110)91-53(71(112)113)34-42(11)12/h37-55,58,95-96H,14-36,74-75H2,1-13H3,(H,82,101)(H,83,97)(H,84,106)(H,85,108)(H,86,109)(H,87,107)(H,88,103)(H,89,104)(H,90,102)(H,91,110)(H,92,100)(H,93,105)(H,98,99)(H,112,113)(H4,76,77,80)(H4,78,79,81)/t43-,44+,45+,46+,47+,48+,49+,50+,51+,52+,53+,54+,55+,58+/m1/s1. The number of carbonyl (C=O) groups excluding carboxylic acids is 13. The van der Waals surface area contributed by atoms with E-state index in [4.69, 9.17) is 34.4 Å². The first-order valence-electron chi connectivity index (χ1n) is 39.0. The van der Waals surface area contributed by atoms with Crippen LogP contribution in [-0.4, -0.2) is 250 Å². The third kappa shape index (κ3) is 40.6. The second kappa shape index (κ2) is 52.7. The molecule has 0 aromatic heterocycles. The molecule has 1 rings (SSSR count). The van der Waals surface area contributed by atoms with Crippen molar-refractivity contribution < 1.29 is 92.3 Å². The summed E-state index contributed by atoms with van der Waals surface area (Å²) >= 11 is 0. The van der Waals surface area contributed by atoms with Crippen molar-refractivity contribution in [3.63, 3.8) is 0 Å². The molecule has 0 aliphatic carbocycles. The summed E-state index contributed by atoms with van der Waals surface area (Å²) in [4.78, 5) is 216. The number of nitrogens with zero attached hydrogens (tertiary/aromatic N) is 3. The van der Waals surface area contributed by atoms with Gasteiger partial charge in [-0.15, -0.1) is 0 Å². The highest BCUT2D eigenvalue weighted by molar-refractivity contribution is 6.00. The Bertz CT molecular complexity index is 3180. The molecule has 0 radical (unpaired) electrons. The van der Waals surface area contributed by atoms with Gasteiger partial charge in [-0.25, -0.2) is 4.79 Å². The number of amides is 13. The normalized spacial score (nSPS) is 16.2. The zero-order chi connectivity index (χ0) is 86.1. The quantitative estimate of drug-likeness (QED) is 0.0155. The van der Waals surface area contributed by atoms with Gasteiger partial charge in [0.15, 0.2) is 11.9 Å². The minimum Gasteiger partial charge on any atom is -0.481 e. The van der Waals surface area contributed by atoms with Crippen molar-refractivity contribution in [3.05, 3.63) is 0 Å². The topological polar surface area (TPSA) is 665 Å². The van der Waals surface area contributed by atoms with Gasteiger partial charge in [-0.1, -0.05) is 83.1 Å². The lowest BCUT2D eigenvalue weighted by Crippen LogP contribution is -2.61. The number of rotatable bonds is 55. The van der Waals surface area contributed by atoms with E-state index in [1.807, 2.05) is 13.8 Å². The summed E-state index contributed by atoms with van der Waals surface area (Å²) in [6, 6.07) is -18.2. The Morgan fingerprint density at radius 3 is 1.22 bits per heavy atom. The van der Waals surface area contributed by atoms with Crippen LogP contribution in [-0.2, 0) is 71.9 Å². The van der Waals surface area contributed by atoms with Gasteiger partial charge in [-0.3, -0.25) is 77.1 Å². The van der Waals surface area contributed by atoms with Crippen LogP contribution in [0.4, 0.5) is 0 Å². The molecule has 644 valence electrons. The molecule has 0 unspecified atom stereocenters. The van der Waals surface area contributed by atoms with Crippen molar-refractivity contribution in [2.24, 2.45) is 79.9 Å². The number of hydrogen-bond donors (Lipinski definition) is 22. The summed E-state index contributed by atoms with van der Waals surface area (Å²) in [6.45, 7) is 21.0. The summed E-state index contributed by atoms with van der Waals surface area (Å²) in [7, 11) is 0. The van der Waals surface area contributed by atoms with E-state index in [0.717, 1.165) is 0 Å². The Morgan fingerprint density at radius 1 is 0.425 bits per heavy atom. The summed E-state index contributed by atoms with van der Waals surface area (Å²) < 4.78 is 0. The number of carboxylic acids is 2. The van der Waals surface area contributed by atoms with E-state index < -0.39 is 199 Å². The Labute approximate surface area is 662 Å². The van der Waals surface area contributed by atoms with Gasteiger partial charge in [0.2, 0.25) is 76.8 Å². The van der Waals surface area contributed by atoms with E-state index in [1.165, 1.54) is 11.8 Å². The third-order valence-electron chi connectivity index (χ3n) is 17.9. The Morgan fingerprint density at radius 2 is 0.796 bits per heavy atom. The van der Waals surface area contributed by atoms with Crippen molar-refractivity contribution in [1.82, 2.24) is 68.7 Å². The molecule has 1 saturated heterocycles. The minimum absolute atomic E-state index is 0.00118. The van der Waals surface area contributed by atoms with E-state index in [1.54, 1.807) is 69.2 Å². The molecule has 14 atom stereocenters. The van der Waals surface area contributed by atoms with Crippen LogP contribution in [0.25, 0.3) is 0 Å². The zero-order valence-electron chi connectivity index (χ0n) is 68.0. The maximum Gasteiger partial charge on any atom is 0.326 e. The highest BCUT2D eigenvalue weighted by atomic mass is 16.4. The highest BCUT2D eigenvalue weighted by Crippen LogP contribution is 2.23. The molecule has 40 heteroatoms. The molecule has 113 heavy (non-hydrogen) atoms. The fourth-order valence-electron chi connectivity index (χ4n) is 12.3. The molecule has 0 bridgehead atoms. The first kappa shape index (κ1) is 101. The van der Waals surface area contributed by atoms with Crippen molar-refractivity contribution >= 4 is 101 Å². The maximum atomic E-state index is 14.8. The number of unbranched alkanes of at least 4 members (excludes halogenated alkanes) is 1. The predicted molar refractivity (Wildman–Crippen MR) is 420 cm³/mol. The van der Waals surface area contributed by atoms with Crippen LogP contribution in [0.5, 0.6) is 0 Å². The Kier molecular flexibility index (Phi) is 47.3. The molecule has 0 spiro atoms. The highest BCUT2D eigenvalue weighted by Gasteiger charge is 2.42. The monoisotopic (exact) mass is 1610 g/mol. The largest absolute Gasteiger partial charge is 0.481 e. The zero-order valence-corrected chi connectivity index (χ0v) is 68.0. The Hall–Kier alpha value is -9.57. The summed E-state index contributed by atoms with van der Waals surface area (Å²) in [6.07, 6.45) is -1.53. The number of carboxylic acid groups (broad SMARTS) is 2. The molecule has 13 amide bonds. The lowest BCUT2D eigenvalue weighted by molar-refractivity contribution is -0.143. The van der Waals surface area contributed by atoms with Gasteiger partial charge in [-0.05, 0) is 152 Å². The second-order valence-corrected chi connectivity index (χ2v) is 31.3. The molecular formula is C73H133N21O19. The number of aliphatic hydroxyl groups excluding tert-OH is 2. The van der Waals surface area contributed by atoms with Crippen LogP contribution in [0.3, 0.4) is 0 Å². The molecule has 1 aliphatic heterocycles. The fraction of sp³-hybridized carbons (Fsp3) is 0.767. The van der Waals surface area contributed by atoms with E-state index in [0.29, 0.717) is 12.8 Å². The molecule has 40 nitrogen and oxygen atoms in total. The first-order valence-corrected chi connectivity index (χ1v) is 39.0. The number of aliphatic imine (C=N–C) groups is 2. The molecular weight excluding hydrogens is 1470 g/mol. The van der Waals surface area contributed by atoms with Crippen LogP contribution in [0.2, 0.25) is 0 Å². The lowest BCUT2D eigenvalue weighted by Gasteiger charge is -2.31. The number of aliphatic carboxylic acids is 2. The predicted octanol–water partition coefficient (Wildman–Crippen LogP) is -4.41. The van der Waals surface area contributed by atoms with Crippen molar-refractivity contribution in [3.8, 4) is 0 Å². The molecule has 1 fully saturated rings. The maximum absolute atomic E-state index is 14.8. The average molecular weight is 1610 g/mol. The second-order valence-electron chi connectivity index (χ2n) is 31.3. The lowest BCUT2D eigenvalue weighted by atomic mass is 9.99. The summed E-state index contributed by atoms with van der Waals surface area (Å²) in [5, 5.41) is 71.1. The fourth-order valence-corrected chi connectivity index (χ4v) is 12.3. The number of aliphatic hydroxyl groups is 2. The number of carbonyl (C=O) groups is 15. The summed E-state index contributed by atoms with van der Waals surface area (Å²) in [5.41, 5.74) is 33.8. The number of nitrogens with one attached hydrogen (secondary N) is 12. The van der Waals surface area contributed by atoms with Crippen LogP contribution in [0, 0.1) is 35.5 Å². The van der Waals surface area contributed by atoms with Gasteiger partial charge in [0.05, 0.1) is 25.3 Å². The average Bonchev–Trinajstić information content (AvgIpc) is 1.73. The molecule has 0 aromatic carbocycles. The SMILES string of the molecule is CC(C)C[C@H](NC(=O)[C@@H](NC(=O)[C@H](CCCN=C(N)N)NC(=O)[C@H](CC(C)C)NC(=O)[C@H](CCC(=O)O)NC(=O)[C@@H]1CCCN1C(=O)[C@H](CC(C)C)NC(=O)[C@H](CCCCN)NC(=O)CNC(=O)[C@H](CC(C)C)NC(=O)[C@H](CC(C)C)NC(=O)[C@H](CCCN=C(N)N)NC(=O)[C@H](CO)NC(=O)[C@@H](N)CC(C)C)[C@@H](C)O)C(=O)O. The molecule has 28 N–H and O–H groups in total. The van der Waals surface area contributed by atoms with Gasteiger partial charge in [0, 0.05) is 26.1 Å². The van der Waals surface area contributed by atoms with E-state index in [2.05, 4.69) is 73.8 Å². The van der Waals surface area contributed by atoms with Gasteiger partial charge in [0.1, 0.15) is 72.5 Å². The van der Waals surface area contributed by atoms with Crippen molar-refractivity contribution in [1.29, 1.82) is 0 Å². The number of likely N-dealkylation sites (tertiary alicyclic amines) is 1.